The number of benzene rings is 1. The Hall–Kier alpha value is -2.62. The van der Waals surface area contributed by atoms with Gasteiger partial charge in [0.05, 0.1) is 5.52 Å². The quantitative estimate of drug-likeness (QED) is 0.655. The minimum atomic E-state index is -0.135. The molecule has 0 bridgehead atoms. The lowest BCUT2D eigenvalue weighted by Gasteiger charge is -2.02. The fraction of sp³-hybridized carbons (Fsp3) is 0.0667. The third-order valence-corrected chi connectivity index (χ3v) is 2.86. The van der Waals surface area contributed by atoms with Crippen molar-refractivity contribution in [1.82, 2.24) is 15.0 Å². The molecular weight excluding hydrogens is 238 g/mol. The van der Waals surface area contributed by atoms with Gasteiger partial charge in [-0.1, -0.05) is 18.2 Å². The van der Waals surface area contributed by atoms with Crippen LogP contribution in [0.25, 0.3) is 10.9 Å². The summed E-state index contributed by atoms with van der Waals surface area (Å²) in [6.45, 7) is 1.76. The smallest absolute Gasteiger partial charge is 0.213 e. The highest BCUT2D eigenvalue weighted by Gasteiger charge is 2.11. The van der Waals surface area contributed by atoms with Crippen molar-refractivity contribution < 1.29 is 4.79 Å². The zero-order valence-electron chi connectivity index (χ0n) is 10.4. The van der Waals surface area contributed by atoms with Crippen molar-refractivity contribution in [3.05, 3.63) is 65.9 Å². The lowest BCUT2D eigenvalue weighted by Crippen LogP contribution is -2.06. The second-order valence-corrected chi connectivity index (χ2v) is 4.23. The molecule has 0 amide bonds. The summed E-state index contributed by atoms with van der Waals surface area (Å²) in [5.74, 6) is 0.448. The van der Waals surface area contributed by atoms with Crippen LogP contribution in [0, 0.1) is 6.92 Å². The molecule has 0 aliphatic carbocycles. The van der Waals surface area contributed by atoms with Crippen LogP contribution in [0.3, 0.4) is 0 Å². The van der Waals surface area contributed by atoms with Gasteiger partial charge in [-0.3, -0.25) is 9.78 Å². The van der Waals surface area contributed by atoms with E-state index in [9.17, 15) is 4.79 Å². The maximum Gasteiger partial charge on any atom is 0.213 e. The molecule has 92 valence electrons. The molecule has 0 aliphatic heterocycles. The van der Waals surface area contributed by atoms with Crippen LogP contribution >= 0.6 is 0 Å². The predicted octanol–water partition coefficient (Wildman–Crippen LogP) is 2.56. The number of ketones is 1. The molecule has 4 heteroatoms. The molecule has 0 radical (unpaired) electrons. The fourth-order valence-electron chi connectivity index (χ4n) is 1.93. The average molecular weight is 249 g/mol. The van der Waals surface area contributed by atoms with Gasteiger partial charge in [-0.25, -0.2) is 9.97 Å². The van der Waals surface area contributed by atoms with Gasteiger partial charge in [0.25, 0.3) is 0 Å². The number of hydrogen-bond donors (Lipinski definition) is 0. The first-order chi connectivity index (χ1) is 9.24. The van der Waals surface area contributed by atoms with Crippen molar-refractivity contribution in [3.63, 3.8) is 0 Å². The SMILES string of the molecule is Cc1nccc(C(=O)c2cnc3ccccc3c2)n1. The second kappa shape index (κ2) is 4.57. The summed E-state index contributed by atoms with van der Waals surface area (Å²) in [5.41, 5.74) is 1.80. The summed E-state index contributed by atoms with van der Waals surface area (Å²) in [4.78, 5) is 24.7. The first kappa shape index (κ1) is 11.5. The summed E-state index contributed by atoms with van der Waals surface area (Å²) in [5, 5.41) is 0.944. The lowest BCUT2D eigenvalue weighted by atomic mass is 10.1. The van der Waals surface area contributed by atoms with Gasteiger partial charge in [-0.2, -0.15) is 0 Å². The number of rotatable bonds is 2. The number of aromatic nitrogens is 3. The van der Waals surface area contributed by atoms with Crippen molar-refractivity contribution in [2.45, 2.75) is 6.92 Å². The van der Waals surface area contributed by atoms with Crippen molar-refractivity contribution in [1.29, 1.82) is 0 Å². The Labute approximate surface area is 110 Å². The van der Waals surface area contributed by atoms with Gasteiger partial charge in [0.2, 0.25) is 5.78 Å². The third kappa shape index (κ3) is 2.20. The fourth-order valence-corrected chi connectivity index (χ4v) is 1.93. The van der Waals surface area contributed by atoms with E-state index in [1.807, 2.05) is 30.3 Å². The maximum absolute atomic E-state index is 12.3. The summed E-state index contributed by atoms with van der Waals surface area (Å²) in [6.07, 6.45) is 3.17. The van der Waals surface area contributed by atoms with Crippen LogP contribution < -0.4 is 0 Å². The zero-order valence-corrected chi connectivity index (χ0v) is 10.4. The number of fused-ring (bicyclic) bond motifs is 1. The summed E-state index contributed by atoms with van der Waals surface area (Å²) >= 11 is 0. The van der Waals surface area contributed by atoms with E-state index in [1.54, 1.807) is 25.4 Å². The average Bonchev–Trinajstić information content (AvgIpc) is 2.46. The lowest BCUT2D eigenvalue weighted by molar-refractivity contribution is 0.103. The molecule has 19 heavy (non-hydrogen) atoms. The number of hydrogen-bond acceptors (Lipinski definition) is 4. The monoisotopic (exact) mass is 249 g/mol. The predicted molar refractivity (Wildman–Crippen MR) is 71.9 cm³/mol. The Morgan fingerprint density at radius 1 is 1.11 bits per heavy atom. The normalized spacial score (nSPS) is 10.6. The molecule has 0 spiro atoms. The van der Waals surface area contributed by atoms with Crippen LogP contribution in [0.15, 0.2) is 48.8 Å². The van der Waals surface area contributed by atoms with E-state index in [0.717, 1.165) is 10.9 Å². The molecule has 4 nitrogen and oxygen atoms in total. The Balaban J connectivity index is 2.06. The number of carbonyl (C=O) groups excluding carboxylic acids is 1. The molecule has 0 fully saturated rings. The van der Waals surface area contributed by atoms with E-state index in [-0.39, 0.29) is 5.78 Å². The summed E-state index contributed by atoms with van der Waals surface area (Å²) in [7, 11) is 0. The number of para-hydroxylation sites is 1. The minimum Gasteiger partial charge on any atom is -0.287 e. The van der Waals surface area contributed by atoms with Crippen molar-refractivity contribution in [2.24, 2.45) is 0 Å². The van der Waals surface area contributed by atoms with Gasteiger partial charge in [0.15, 0.2) is 0 Å². The Morgan fingerprint density at radius 2 is 1.95 bits per heavy atom. The topological polar surface area (TPSA) is 55.7 Å². The van der Waals surface area contributed by atoms with Gasteiger partial charge in [0, 0.05) is 23.3 Å². The Kier molecular flexibility index (Phi) is 2.76. The molecule has 0 unspecified atom stereocenters. The number of aryl methyl sites for hydroxylation is 1. The molecule has 1 aromatic carbocycles. The molecule has 0 saturated carbocycles. The van der Waals surface area contributed by atoms with E-state index < -0.39 is 0 Å². The molecule has 0 N–H and O–H groups in total. The maximum atomic E-state index is 12.3. The Bertz CT molecular complexity index is 768. The van der Waals surface area contributed by atoms with Crippen LogP contribution in [0.5, 0.6) is 0 Å². The van der Waals surface area contributed by atoms with E-state index >= 15 is 0 Å². The molecule has 2 aromatic heterocycles. The minimum absolute atomic E-state index is 0.135. The van der Waals surface area contributed by atoms with Crippen LogP contribution in [0.1, 0.15) is 21.9 Å². The molecule has 0 atom stereocenters. The number of nitrogens with zero attached hydrogens (tertiary/aromatic N) is 3. The van der Waals surface area contributed by atoms with Crippen LogP contribution in [-0.2, 0) is 0 Å². The highest BCUT2D eigenvalue weighted by atomic mass is 16.1. The summed E-state index contributed by atoms with van der Waals surface area (Å²) in [6, 6.07) is 11.1. The molecule has 3 rings (SSSR count). The second-order valence-electron chi connectivity index (χ2n) is 4.23. The Morgan fingerprint density at radius 3 is 2.79 bits per heavy atom. The standard InChI is InChI=1S/C15H11N3O/c1-10-16-7-6-14(18-10)15(19)12-8-11-4-2-3-5-13(11)17-9-12/h2-9H,1H3. The van der Waals surface area contributed by atoms with Gasteiger partial charge in [-0.05, 0) is 25.1 Å². The van der Waals surface area contributed by atoms with E-state index in [0.29, 0.717) is 17.1 Å². The van der Waals surface area contributed by atoms with Gasteiger partial charge < -0.3 is 0 Å². The highest BCUT2D eigenvalue weighted by Crippen LogP contribution is 2.15. The largest absolute Gasteiger partial charge is 0.287 e. The van der Waals surface area contributed by atoms with Crippen molar-refractivity contribution >= 4 is 16.7 Å². The first-order valence-electron chi connectivity index (χ1n) is 5.93. The van der Waals surface area contributed by atoms with Crippen LogP contribution in [-0.4, -0.2) is 20.7 Å². The van der Waals surface area contributed by atoms with E-state index in [4.69, 9.17) is 0 Å². The molecule has 0 aliphatic rings. The van der Waals surface area contributed by atoms with E-state index in [2.05, 4.69) is 15.0 Å². The molecule has 2 heterocycles. The number of carbonyl (C=O) groups is 1. The summed E-state index contributed by atoms with van der Waals surface area (Å²) < 4.78 is 0. The number of pyridine rings is 1. The van der Waals surface area contributed by atoms with E-state index in [1.165, 1.54) is 0 Å². The van der Waals surface area contributed by atoms with Crippen LogP contribution in [0.2, 0.25) is 0 Å². The first-order valence-corrected chi connectivity index (χ1v) is 5.93. The third-order valence-electron chi connectivity index (χ3n) is 2.86. The molecule has 0 saturated heterocycles. The van der Waals surface area contributed by atoms with Gasteiger partial charge in [0.1, 0.15) is 11.5 Å². The highest BCUT2D eigenvalue weighted by molar-refractivity contribution is 6.08. The molecule has 3 aromatic rings. The van der Waals surface area contributed by atoms with Crippen LogP contribution in [0.4, 0.5) is 0 Å². The molecular formula is C15H11N3O. The zero-order chi connectivity index (χ0) is 13.2. The van der Waals surface area contributed by atoms with Crippen molar-refractivity contribution in [2.75, 3.05) is 0 Å². The van der Waals surface area contributed by atoms with Gasteiger partial charge >= 0.3 is 0 Å². The van der Waals surface area contributed by atoms with Crippen molar-refractivity contribution in [3.8, 4) is 0 Å². The van der Waals surface area contributed by atoms with Gasteiger partial charge in [-0.15, -0.1) is 0 Å².